The van der Waals surface area contributed by atoms with Crippen molar-refractivity contribution in [3.63, 3.8) is 0 Å². The molecule has 2 rings (SSSR count). The van der Waals surface area contributed by atoms with Gasteiger partial charge in [-0.3, -0.25) is 4.79 Å². The van der Waals surface area contributed by atoms with Crippen LogP contribution < -0.4 is 9.50 Å². The molecule has 0 aliphatic carbocycles. The van der Waals surface area contributed by atoms with Gasteiger partial charge >= 0.3 is 22.3 Å². The van der Waals surface area contributed by atoms with Crippen LogP contribution in [0.3, 0.4) is 0 Å². The van der Waals surface area contributed by atoms with Crippen molar-refractivity contribution < 1.29 is 40.5 Å². The number of halogens is 3. The predicted octanol–water partition coefficient (Wildman–Crippen LogP) is 3.38. The monoisotopic (exact) mass is 417 g/mol. The molecule has 28 heavy (non-hydrogen) atoms. The fourth-order valence-corrected chi connectivity index (χ4v) is 2.68. The van der Waals surface area contributed by atoms with E-state index in [1.165, 1.54) is 13.0 Å². The van der Waals surface area contributed by atoms with E-state index in [4.69, 9.17) is 4.18 Å². The molecule has 2 aromatic carbocycles. The summed E-state index contributed by atoms with van der Waals surface area (Å²) in [6.45, 7) is 1.29. The largest absolute Gasteiger partial charge is 0.478 e. The minimum Gasteiger partial charge on any atom is -0.478 e. The number of aromatic carboxylic acids is 1. The van der Waals surface area contributed by atoms with E-state index >= 15 is 0 Å². The molecular formula is C17H14F3NO6S. The fourth-order valence-electron chi connectivity index (χ4n) is 2.15. The number of carbonyl (C=O) groups is 2. The number of carboxylic acid groups (broad SMARTS) is 1. The molecular weight excluding hydrogens is 403 g/mol. The molecule has 0 saturated carbocycles. The molecule has 0 fully saturated rings. The van der Waals surface area contributed by atoms with Crippen molar-refractivity contribution in [2.75, 3.05) is 11.1 Å². The summed E-state index contributed by atoms with van der Waals surface area (Å²) in [5.41, 5.74) is -2.04. The first kappa shape index (κ1) is 21.2. The van der Waals surface area contributed by atoms with Crippen LogP contribution in [-0.2, 0) is 16.3 Å². The SMILES string of the molecule is CCS(=O)(=O)Oc1cccc(C(=O)Nc2ccc(C(F)(F)F)cc2)c1C(=O)O. The number of alkyl halides is 3. The summed E-state index contributed by atoms with van der Waals surface area (Å²) in [4.78, 5) is 24.0. The van der Waals surface area contributed by atoms with Crippen LogP contribution in [0.5, 0.6) is 5.75 Å². The fraction of sp³-hybridized carbons (Fsp3) is 0.176. The van der Waals surface area contributed by atoms with Crippen molar-refractivity contribution in [2.24, 2.45) is 0 Å². The lowest BCUT2D eigenvalue weighted by molar-refractivity contribution is -0.137. The lowest BCUT2D eigenvalue weighted by atomic mass is 10.1. The zero-order valence-corrected chi connectivity index (χ0v) is 15.1. The van der Waals surface area contributed by atoms with Crippen molar-refractivity contribution in [3.05, 3.63) is 59.2 Å². The number of carbonyl (C=O) groups excluding carboxylic acids is 1. The Morgan fingerprint density at radius 2 is 1.71 bits per heavy atom. The Bertz CT molecular complexity index is 1000. The van der Waals surface area contributed by atoms with Crippen LogP contribution in [0.15, 0.2) is 42.5 Å². The minimum absolute atomic E-state index is 0.0122. The third-order valence-corrected chi connectivity index (χ3v) is 4.67. The number of rotatable bonds is 6. The van der Waals surface area contributed by atoms with E-state index in [2.05, 4.69) is 5.32 Å². The van der Waals surface area contributed by atoms with Crippen molar-refractivity contribution in [1.82, 2.24) is 0 Å². The van der Waals surface area contributed by atoms with Gasteiger partial charge < -0.3 is 14.6 Å². The summed E-state index contributed by atoms with van der Waals surface area (Å²) in [6, 6.07) is 6.92. The highest BCUT2D eigenvalue weighted by Gasteiger charge is 2.30. The normalized spacial score (nSPS) is 11.7. The summed E-state index contributed by atoms with van der Waals surface area (Å²) in [5.74, 6) is -3.54. The smallest absolute Gasteiger partial charge is 0.416 e. The minimum atomic E-state index is -4.55. The Hall–Kier alpha value is -3.08. The van der Waals surface area contributed by atoms with Gasteiger partial charge in [-0.15, -0.1) is 0 Å². The van der Waals surface area contributed by atoms with Gasteiger partial charge in [-0.1, -0.05) is 6.07 Å². The van der Waals surface area contributed by atoms with Crippen LogP contribution in [0.2, 0.25) is 0 Å². The van der Waals surface area contributed by atoms with Gasteiger partial charge in [-0.2, -0.15) is 21.6 Å². The van der Waals surface area contributed by atoms with Crippen LogP contribution in [-0.4, -0.2) is 31.2 Å². The highest BCUT2D eigenvalue weighted by molar-refractivity contribution is 7.87. The van der Waals surface area contributed by atoms with Crippen LogP contribution >= 0.6 is 0 Å². The molecule has 2 aromatic rings. The van der Waals surface area contributed by atoms with Crippen molar-refractivity contribution in [1.29, 1.82) is 0 Å². The van der Waals surface area contributed by atoms with E-state index in [9.17, 15) is 36.3 Å². The molecule has 0 bridgehead atoms. The van der Waals surface area contributed by atoms with Crippen LogP contribution in [0, 0.1) is 0 Å². The summed E-state index contributed by atoms with van der Waals surface area (Å²) in [6.07, 6.45) is -4.55. The summed E-state index contributed by atoms with van der Waals surface area (Å²) >= 11 is 0. The number of nitrogens with one attached hydrogen (secondary N) is 1. The molecule has 0 aromatic heterocycles. The lowest BCUT2D eigenvalue weighted by Gasteiger charge is -2.13. The van der Waals surface area contributed by atoms with Crippen LogP contribution in [0.25, 0.3) is 0 Å². The number of anilines is 1. The molecule has 2 N–H and O–H groups in total. The predicted molar refractivity (Wildman–Crippen MR) is 92.9 cm³/mol. The number of amides is 1. The first-order chi connectivity index (χ1) is 12.9. The van der Waals surface area contributed by atoms with E-state index in [0.29, 0.717) is 0 Å². The molecule has 1 amide bonds. The van der Waals surface area contributed by atoms with Crippen molar-refractivity contribution >= 4 is 27.7 Å². The molecule has 0 atom stereocenters. The van der Waals surface area contributed by atoms with Gasteiger partial charge in [-0.05, 0) is 43.3 Å². The molecule has 150 valence electrons. The van der Waals surface area contributed by atoms with E-state index in [0.717, 1.165) is 36.4 Å². The lowest BCUT2D eigenvalue weighted by Crippen LogP contribution is -2.19. The van der Waals surface area contributed by atoms with Gasteiger partial charge in [0.15, 0.2) is 5.75 Å². The Balaban J connectivity index is 2.36. The third-order valence-electron chi connectivity index (χ3n) is 3.53. The van der Waals surface area contributed by atoms with E-state index < -0.39 is 56.4 Å². The Morgan fingerprint density at radius 1 is 1.11 bits per heavy atom. The van der Waals surface area contributed by atoms with Crippen LogP contribution in [0.1, 0.15) is 33.2 Å². The second-order valence-electron chi connectivity index (χ2n) is 5.44. The van der Waals surface area contributed by atoms with Gasteiger partial charge in [0, 0.05) is 5.69 Å². The molecule has 0 unspecified atom stereocenters. The second kappa shape index (κ2) is 7.89. The van der Waals surface area contributed by atoms with Gasteiger partial charge in [0.1, 0.15) is 5.56 Å². The maximum Gasteiger partial charge on any atom is 0.416 e. The molecule has 0 saturated heterocycles. The maximum atomic E-state index is 12.6. The molecule has 0 aliphatic rings. The zero-order chi connectivity index (χ0) is 21.1. The molecule has 0 heterocycles. The maximum absolute atomic E-state index is 12.6. The third kappa shape index (κ3) is 5.00. The van der Waals surface area contributed by atoms with Gasteiger partial charge in [0.25, 0.3) is 5.91 Å². The van der Waals surface area contributed by atoms with E-state index in [1.807, 2.05) is 0 Å². The quantitative estimate of drug-likeness (QED) is 0.698. The van der Waals surface area contributed by atoms with Crippen LogP contribution in [0.4, 0.5) is 18.9 Å². The molecule has 0 radical (unpaired) electrons. The molecule has 11 heteroatoms. The highest BCUT2D eigenvalue weighted by Crippen LogP contribution is 2.30. The van der Waals surface area contributed by atoms with Gasteiger partial charge in [0.05, 0.1) is 16.9 Å². The number of hydrogen-bond donors (Lipinski definition) is 2. The average Bonchev–Trinajstić information content (AvgIpc) is 2.60. The van der Waals surface area contributed by atoms with E-state index in [-0.39, 0.29) is 5.69 Å². The number of benzene rings is 2. The Morgan fingerprint density at radius 3 is 2.21 bits per heavy atom. The summed E-state index contributed by atoms with van der Waals surface area (Å²) in [7, 11) is -4.05. The standard InChI is InChI=1S/C17H14F3NO6S/c1-2-28(25,26)27-13-5-3-4-12(14(13)16(23)24)15(22)21-11-8-6-10(7-9-11)17(18,19)20/h3-9H,2H2,1H3,(H,21,22)(H,23,24). The Kier molecular flexibility index (Phi) is 5.98. The Labute approximate surface area is 157 Å². The second-order valence-corrected chi connectivity index (χ2v) is 7.30. The van der Waals surface area contributed by atoms with Crippen molar-refractivity contribution in [2.45, 2.75) is 13.1 Å². The van der Waals surface area contributed by atoms with E-state index in [1.54, 1.807) is 0 Å². The van der Waals surface area contributed by atoms with Gasteiger partial charge in [-0.25, -0.2) is 4.79 Å². The zero-order valence-electron chi connectivity index (χ0n) is 14.3. The number of carboxylic acids is 1. The average molecular weight is 417 g/mol. The first-order valence-corrected chi connectivity index (χ1v) is 9.29. The number of hydrogen-bond acceptors (Lipinski definition) is 5. The van der Waals surface area contributed by atoms with Crippen molar-refractivity contribution in [3.8, 4) is 5.75 Å². The highest BCUT2D eigenvalue weighted by atomic mass is 32.2. The summed E-state index contributed by atoms with van der Waals surface area (Å²) in [5, 5.41) is 11.6. The molecule has 7 nitrogen and oxygen atoms in total. The van der Waals surface area contributed by atoms with Gasteiger partial charge in [0.2, 0.25) is 0 Å². The first-order valence-electron chi connectivity index (χ1n) is 7.71. The topological polar surface area (TPSA) is 110 Å². The molecule has 0 spiro atoms. The summed E-state index contributed by atoms with van der Waals surface area (Å²) < 4.78 is 65.7. The molecule has 0 aliphatic heterocycles.